The van der Waals surface area contributed by atoms with Crippen LogP contribution in [-0.2, 0) is 19.6 Å². The van der Waals surface area contributed by atoms with Crippen LogP contribution < -0.4 is 21.3 Å². The summed E-state index contributed by atoms with van der Waals surface area (Å²) in [5.41, 5.74) is 0. The standard InChI is InChI=1S/C9H17N5O6S/c1-10-8(17)12-6(15)4-14(21(3,19)20)5-7(16)13-9(18)11-2/h4-5H2,1-3H3,(H2,10,12,15,17)(H2,11,13,16,18). The Labute approximate surface area is 121 Å². The number of hydrogen-bond donors (Lipinski definition) is 4. The summed E-state index contributed by atoms with van der Waals surface area (Å²) in [4.78, 5) is 44.7. The number of urea groups is 2. The van der Waals surface area contributed by atoms with Gasteiger partial charge in [-0.25, -0.2) is 18.0 Å². The van der Waals surface area contributed by atoms with Crippen molar-refractivity contribution in [2.45, 2.75) is 0 Å². The second-order valence-electron chi connectivity index (χ2n) is 3.79. The predicted octanol–water partition coefficient (Wildman–Crippen LogP) is -2.84. The fourth-order valence-corrected chi connectivity index (χ4v) is 1.77. The highest BCUT2D eigenvalue weighted by molar-refractivity contribution is 7.88. The Bertz CT molecular complexity index is 499. The van der Waals surface area contributed by atoms with Gasteiger partial charge in [-0.3, -0.25) is 20.2 Å². The summed E-state index contributed by atoms with van der Waals surface area (Å²) in [6, 6.07) is -1.63. The normalized spacial score (nSPS) is 10.7. The molecule has 0 spiro atoms. The minimum Gasteiger partial charge on any atom is -0.341 e. The molecule has 0 rings (SSSR count). The van der Waals surface area contributed by atoms with Gasteiger partial charge in [0.05, 0.1) is 19.3 Å². The van der Waals surface area contributed by atoms with Gasteiger partial charge in [0, 0.05) is 14.1 Å². The van der Waals surface area contributed by atoms with Gasteiger partial charge >= 0.3 is 12.1 Å². The van der Waals surface area contributed by atoms with Crippen LogP contribution in [0.15, 0.2) is 0 Å². The number of imide groups is 2. The van der Waals surface area contributed by atoms with Gasteiger partial charge in [-0.2, -0.15) is 4.31 Å². The van der Waals surface area contributed by atoms with Crippen molar-refractivity contribution in [3.63, 3.8) is 0 Å². The van der Waals surface area contributed by atoms with Crippen molar-refractivity contribution >= 4 is 33.9 Å². The lowest BCUT2D eigenvalue weighted by atomic mass is 10.5. The summed E-state index contributed by atoms with van der Waals surface area (Å²) >= 11 is 0. The number of hydrogen-bond acceptors (Lipinski definition) is 6. The van der Waals surface area contributed by atoms with Gasteiger partial charge in [0.15, 0.2) is 0 Å². The molecule has 0 unspecified atom stereocenters. The fourth-order valence-electron chi connectivity index (χ4n) is 1.07. The fraction of sp³-hybridized carbons (Fsp3) is 0.556. The summed E-state index contributed by atoms with van der Waals surface area (Å²) in [6.45, 7) is -1.49. The van der Waals surface area contributed by atoms with Crippen LogP contribution in [-0.4, -0.2) is 70.0 Å². The van der Waals surface area contributed by atoms with Crippen LogP contribution in [0.2, 0.25) is 0 Å². The number of nitrogens with one attached hydrogen (secondary N) is 4. The zero-order valence-electron chi connectivity index (χ0n) is 11.7. The average molecular weight is 323 g/mol. The second kappa shape index (κ2) is 8.16. The van der Waals surface area contributed by atoms with Gasteiger partial charge in [0.2, 0.25) is 21.8 Å². The molecule has 0 aliphatic carbocycles. The SMILES string of the molecule is CNC(=O)NC(=O)CN(CC(=O)NC(=O)NC)S(C)(=O)=O. The van der Waals surface area contributed by atoms with Crippen LogP contribution in [0.5, 0.6) is 0 Å². The van der Waals surface area contributed by atoms with Crippen molar-refractivity contribution in [3.8, 4) is 0 Å². The Hall–Kier alpha value is -2.21. The van der Waals surface area contributed by atoms with E-state index in [4.69, 9.17) is 0 Å². The maximum absolute atomic E-state index is 11.5. The Morgan fingerprint density at radius 3 is 1.43 bits per heavy atom. The molecule has 12 heteroatoms. The van der Waals surface area contributed by atoms with Gasteiger partial charge in [0.1, 0.15) is 0 Å². The molecular weight excluding hydrogens is 306 g/mol. The highest BCUT2D eigenvalue weighted by atomic mass is 32.2. The third-order valence-electron chi connectivity index (χ3n) is 2.07. The van der Waals surface area contributed by atoms with Crippen molar-refractivity contribution in [1.82, 2.24) is 25.6 Å². The van der Waals surface area contributed by atoms with Gasteiger partial charge < -0.3 is 10.6 Å². The molecule has 6 amide bonds. The third-order valence-corrected chi connectivity index (χ3v) is 3.27. The van der Waals surface area contributed by atoms with Crippen LogP contribution >= 0.6 is 0 Å². The molecule has 0 aliphatic heterocycles. The summed E-state index contributed by atoms with van der Waals surface area (Å²) in [6.07, 6.45) is 0.785. The number of carbonyl (C=O) groups is 4. The predicted molar refractivity (Wildman–Crippen MR) is 71.6 cm³/mol. The monoisotopic (exact) mass is 323 g/mol. The van der Waals surface area contributed by atoms with E-state index in [1.54, 1.807) is 0 Å². The van der Waals surface area contributed by atoms with E-state index >= 15 is 0 Å². The Balaban J connectivity index is 4.76. The van der Waals surface area contributed by atoms with Crippen LogP contribution in [0.1, 0.15) is 0 Å². The molecule has 0 atom stereocenters. The first-order chi connectivity index (χ1) is 9.59. The zero-order valence-corrected chi connectivity index (χ0v) is 12.5. The molecule has 0 aromatic heterocycles. The van der Waals surface area contributed by atoms with Crippen molar-refractivity contribution in [1.29, 1.82) is 0 Å². The summed E-state index contributed by atoms with van der Waals surface area (Å²) < 4.78 is 23.5. The summed E-state index contributed by atoms with van der Waals surface area (Å²) in [5, 5.41) is 7.93. The largest absolute Gasteiger partial charge is 0.341 e. The molecule has 0 saturated carbocycles. The van der Waals surface area contributed by atoms with Crippen molar-refractivity contribution < 1.29 is 27.6 Å². The van der Waals surface area contributed by atoms with Crippen LogP contribution in [0.25, 0.3) is 0 Å². The van der Waals surface area contributed by atoms with E-state index in [1.165, 1.54) is 14.1 Å². The molecular formula is C9H17N5O6S. The lowest BCUT2D eigenvalue weighted by molar-refractivity contribution is -0.122. The topological polar surface area (TPSA) is 154 Å². The van der Waals surface area contributed by atoms with Crippen molar-refractivity contribution in [3.05, 3.63) is 0 Å². The lowest BCUT2D eigenvalue weighted by Gasteiger charge is -2.18. The highest BCUT2D eigenvalue weighted by Crippen LogP contribution is 1.97. The molecule has 0 aromatic rings. The highest BCUT2D eigenvalue weighted by Gasteiger charge is 2.24. The molecule has 0 heterocycles. The first-order valence-electron chi connectivity index (χ1n) is 5.58. The molecule has 120 valence electrons. The summed E-state index contributed by atoms with van der Waals surface area (Å²) in [5.74, 6) is -1.85. The first kappa shape index (κ1) is 18.8. The molecule has 11 nitrogen and oxygen atoms in total. The van der Waals surface area contributed by atoms with Crippen molar-refractivity contribution in [2.24, 2.45) is 0 Å². The van der Waals surface area contributed by atoms with E-state index in [1.807, 2.05) is 10.6 Å². The Morgan fingerprint density at radius 1 is 0.857 bits per heavy atom. The third kappa shape index (κ3) is 7.84. The van der Waals surface area contributed by atoms with Crippen molar-refractivity contribution in [2.75, 3.05) is 33.4 Å². The van der Waals surface area contributed by atoms with E-state index in [2.05, 4.69) is 10.6 Å². The second-order valence-corrected chi connectivity index (χ2v) is 5.77. The van der Waals surface area contributed by atoms with Gasteiger partial charge in [-0.15, -0.1) is 0 Å². The van der Waals surface area contributed by atoms with Crippen LogP contribution in [0.3, 0.4) is 0 Å². The molecule has 0 radical (unpaired) electrons. The van der Waals surface area contributed by atoms with E-state index in [9.17, 15) is 27.6 Å². The minimum atomic E-state index is -3.89. The number of carbonyl (C=O) groups excluding carboxylic acids is 4. The molecule has 4 N–H and O–H groups in total. The number of sulfonamides is 1. The minimum absolute atomic E-state index is 0.517. The quantitative estimate of drug-likeness (QED) is 0.427. The maximum Gasteiger partial charge on any atom is 0.321 e. The zero-order chi connectivity index (χ0) is 16.6. The molecule has 21 heavy (non-hydrogen) atoms. The molecule has 0 aliphatic rings. The van der Waals surface area contributed by atoms with Gasteiger partial charge in [-0.05, 0) is 0 Å². The van der Waals surface area contributed by atoms with E-state index in [0.29, 0.717) is 4.31 Å². The molecule has 0 bridgehead atoms. The maximum atomic E-state index is 11.5. The molecule has 0 fully saturated rings. The van der Waals surface area contributed by atoms with E-state index in [-0.39, 0.29) is 0 Å². The lowest BCUT2D eigenvalue weighted by Crippen LogP contribution is -2.49. The van der Waals surface area contributed by atoms with E-state index < -0.39 is 47.0 Å². The Kier molecular flexibility index (Phi) is 7.30. The van der Waals surface area contributed by atoms with Gasteiger partial charge in [-0.1, -0.05) is 0 Å². The summed E-state index contributed by atoms with van der Waals surface area (Å²) in [7, 11) is -1.35. The van der Waals surface area contributed by atoms with Crippen LogP contribution in [0, 0.1) is 0 Å². The number of rotatable bonds is 5. The molecule has 0 aromatic carbocycles. The Morgan fingerprint density at radius 2 is 1.19 bits per heavy atom. The number of nitrogens with zero attached hydrogens (tertiary/aromatic N) is 1. The van der Waals surface area contributed by atoms with E-state index in [0.717, 1.165) is 6.26 Å². The number of amides is 6. The first-order valence-corrected chi connectivity index (χ1v) is 7.43. The van der Waals surface area contributed by atoms with Crippen LogP contribution in [0.4, 0.5) is 9.59 Å². The smallest absolute Gasteiger partial charge is 0.321 e. The average Bonchev–Trinajstić information content (AvgIpc) is 2.36. The molecule has 0 saturated heterocycles. The van der Waals surface area contributed by atoms with Gasteiger partial charge in [0.25, 0.3) is 0 Å².